The predicted octanol–water partition coefficient (Wildman–Crippen LogP) is 0.806. The highest BCUT2D eigenvalue weighted by molar-refractivity contribution is 6.31. The Labute approximate surface area is 136 Å². The Morgan fingerprint density at radius 1 is 1.26 bits per heavy atom. The predicted molar refractivity (Wildman–Crippen MR) is 81.1 cm³/mol. The van der Waals surface area contributed by atoms with Crippen LogP contribution >= 0.6 is 11.6 Å². The minimum absolute atomic E-state index is 0.251. The van der Waals surface area contributed by atoms with E-state index in [2.05, 4.69) is 4.98 Å². The number of fused-ring (bicyclic) bond motifs is 1. The van der Waals surface area contributed by atoms with Gasteiger partial charge in [0.25, 0.3) is 0 Å². The first-order chi connectivity index (χ1) is 10.9. The van der Waals surface area contributed by atoms with Crippen LogP contribution in [0.25, 0.3) is 10.9 Å². The zero-order chi connectivity index (χ0) is 16.7. The molecule has 1 saturated heterocycles. The Morgan fingerprint density at radius 2 is 2.00 bits per heavy atom. The maximum Gasteiger partial charge on any atom is 0.342 e. The standard InChI is InChI=1S/C15H16ClNO6/c1-6-11(18)12(19)13(20)15(22-6)23-14(21)9-5-17-10-4-7(16)2-3-8(9)10/h2-6,11-13,15,17-20H,1H3. The molecule has 1 aliphatic heterocycles. The highest BCUT2D eigenvalue weighted by Gasteiger charge is 2.43. The van der Waals surface area contributed by atoms with E-state index in [1.165, 1.54) is 13.1 Å². The van der Waals surface area contributed by atoms with Gasteiger partial charge in [0.1, 0.15) is 18.3 Å². The van der Waals surface area contributed by atoms with Crippen LogP contribution in [-0.4, -0.2) is 57.0 Å². The molecule has 1 aromatic heterocycles. The number of rotatable bonds is 2. The smallest absolute Gasteiger partial charge is 0.342 e. The van der Waals surface area contributed by atoms with Crippen LogP contribution in [0.15, 0.2) is 24.4 Å². The lowest BCUT2D eigenvalue weighted by Gasteiger charge is -2.38. The van der Waals surface area contributed by atoms with Crippen LogP contribution < -0.4 is 0 Å². The maximum atomic E-state index is 12.3. The van der Waals surface area contributed by atoms with Crippen LogP contribution in [0.3, 0.4) is 0 Å². The zero-order valence-electron chi connectivity index (χ0n) is 12.1. The minimum Gasteiger partial charge on any atom is -0.429 e. The number of H-pyrrole nitrogens is 1. The van der Waals surface area contributed by atoms with Crippen LogP contribution in [-0.2, 0) is 9.47 Å². The summed E-state index contributed by atoms with van der Waals surface area (Å²) in [6.07, 6.45) is -4.94. The molecular formula is C15H16ClNO6. The summed E-state index contributed by atoms with van der Waals surface area (Å²) in [4.78, 5) is 15.2. The van der Waals surface area contributed by atoms with E-state index in [1.54, 1.807) is 18.2 Å². The van der Waals surface area contributed by atoms with Crippen molar-refractivity contribution in [3.05, 3.63) is 35.0 Å². The number of halogens is 1. The molecule has 1 aromatic carbocycles. The van der Waals surface area contributed by atoms with Gasteiger partial charge >= 0.3 is 5.97 Å². The average molecular weight is 342 g/mol. The number of carbonyl (C=O) groups excluding carboxylic acids is 1. The van der Waals surface area contributed by atoms with Crippen molar-refractivity contribution in [3.8, 4) is 0 Å². The van der Waals surface area contributed by atoms with Crippen LogP contribution in [0.1, 0.15) is 17.3 Å². The van der Waals surface area contributed by atoms with E-state index in [0.29, 0.717) is 15.9 Å². The first-order valence-electron chi connectivity index (χ1n) is 7.06. The highest BCUT2D eigenvalue weighted by Crippen LogP contribution is 2.26. The molecule has 8 heteroatoms. The number of aromatic nitrogens is 1. The summed E-state index contributed by atoms with van der Waals surface area (Å²) < 4.78 is 10.4. The molecule has 23 heavy (non-hydrogen) atoms. The Bertz CT molecular complexity index is 732. The van der Waals surface area contributed by atoms with Crippen molar-refractivity contribution < 1.29 is 29.6 Å². The number of ether oxygens (including phenoxy) is 2. The number of nitrogens with one attached hydrogen (secondary N) is 1. The van der Waals surface area contributed by atoms with Gasteiger partial charge in [-0.15, -0.1) is 0 Å². The Balaban J connectivity index is 1.80. The van der Waals surface area contributed by atoms with Gasteiger partial charge in [0.05, 0.1) is 11.7 Å². The molecule has 0 spiro atoms. The number of aliphatic hydroxyl groups is 3. The van der Waals surface area contributed by atoms with Crippen LogP contribution in [0.4, 0.5) is 0 Å². The molecule has 0 radical (unpaired) electrons. The fraction of sp³-hybridized carbons (Fsp3) is 0.400. The lowest BCUT2D eigenvalue weighted by molar-refractivity contribution is -0.276. The number of hydrogen-bond acceptors (Lipinski definition) is 6. The lowest BCUT2D eigenvalue weighted by Crippen LogP contribution is -2.57. The maximum absolute atomic E-state index is 12.3. The average Bonchev–Trinajstić information content (AvgIpc) is 2.93. The van der Waals surface area contributed by atoms with E-state index in [-0.39, 0.29) is 5.56 Å². The topological polar surface area (TPSA) is 112 Å². The second-order valence-electron chi connectivity index (χ2n) is 5.48. The van der Waals surface area contributed by atoms with E-state index >= 15 is 0 Å². The van der Waals surface area contributed by atoms with Gasteiger partial charge in [-0.3, -0.25) is 0 Å². The largest absolute Gasteiger partial charge is 0.429 e. The van der Waals surface area contributed by atoms with Gasteiger partial charge in [-0.2, -0.15) is 0 Å². The molecule has 0 amide bonds. The molecule has 3 rings (SSSR count). The molecule has 5 atom stereocenters. The molecule has 124 valence electrons. The fourth-order valence-electron chi connectivity index (χ4n) is 2.55. The molecule has 5 unspecified atom stereocenters. The van der Waals surface area contributed by atoms with Gasteiger partial charge in [0.2, 0.25) is 6.29 Å². The van der Waals surface area contributed by atoms with E-state index in [4.69, 9.17) is 21.1 Å². The van der Waals surface area contributed by atoms with Crippen molar-refractivity contribution in [2.24, 2.45) is 0 Å². The van der Waals surface area contributed by atoms with Crippen molar-refractivity contribution in [3.63, 3.8) is 0 Å². The van der Waals surface area contributed by atoms with E-state index in [9.17, 15) is 20.1 Å². The molecule has 0 aliphatic carbocycles. The van der Waals surface area contributed by atoms with Gasteiger partial charge in [0, 0.05) is 22.1 Å². The number of benzene rings is 1. The van der Waals surface area contributed by atoms with E-state index in [0.717, 1.165) is 0 Å². The van der Waals surface area contributed by atoms with Crippen molar-refractivity contribution in [2.75, 3.05) is 0 Å². The first kappa shape index (κ1) is 16.2. The zero-order valence-corrected chi connectivity index (χ0v) is 12.9. The summed E-state index contributed by atoms with van der Waals surface area (Å²) in [5.41, 5.74) is 0.916. The van der Waals surface area contributed by atoms with Crippen molar-refractivity contribution in [1.29, 1.82) is 0 Å². The number of carbonyl (C=O) groups is 1. The Morgan fingerprint density at radius 3 is 2.74 bits per heavy atom. The third kappa shape index (κ3) is 2.93. The summed E-state index contributed by atoms with van der Waals surface area (Å²) in [7, 11) is 0. The Hall–Kier alpha value is -1.64. The van der Waals surface area contributed by atoms with Crippen molar-refractivity contribution in [2.45, 2.75) is 37.6 Å². The normalized spacial score (nSPS) is 31.3. The Kier molecular flexibility index (Phi) is 4.31. The lowest BCUT2D eigenvalue weighted by atomic mass is 10.00. The van der Waals surface area contributed by atoms with Crippen molar-refractivity contribution in [1.82, 2.24) is 4.98 Å². The van der Waals surface area contributed by atoms with Gasteiger partial charge in [-0.25, -0.2) is 4.79 Å². The fourth-order valence-corrected chi connectivity index (χ4v) is 2.72. The monoisotopic (exact) mass is 341 g/mol. The summed E-state index contributed by atoms with van der Waals surface area (Å²) in [5.74, 6) is -0.724. The molecule has 2 aromatic rings. The quantitative estimate of drug-likeness (QED) is 0.601. The van der Waals surface area contributed by atoms with Gasteiger partial charge < -0.3 is 29.8 Å². The number of aromatic amines is 1. The van der Waals surface area contributed by atoms with Crippen LogP contribution in [0, 0.1) is 0 Å². The SMILES string of the molecule is CC1OC(OC(=O)c2c[nH]c3cc(Cl)ccc23)C(O)C(O)C1O. The summed E-state index contributed by atoms with van der Waals surface area (Å²) in [6.45, 7) is 1.51. The summed E-state index contributed by atoms with van der Waals surface area (Å²) in [6, 6.07) is 4.98. The number of hydrogen-bond donors (Lipinski definition) is 4. The molecule has 4 N–H and O–H groups in total. The van der Waals surface area contributed by atoms with Crippen LogP contribution in [0.2, 0.25) is 5.02 Å². The molecule has 2 heterocycles. The molecule has 0 saturated carbocycles. The molecular weight excluding hydrogens is 326 g/mol. The molecule has 0 bridgehead atoms. The van der Waals surface area contributed by atoms with Crippen molar-refractivity contribution >= 4 is 28.5 Å². The minimum atomic E-state index is -1.54. The highest BCUT2D eigenvalue weighted by atomic mass is 35.5. The first-order valence-corrected chi connectivity index (χ1v) is 7.43. The molecule has 1 aliphatic rings. The number of aliphatic hydroxyl groups excluding tert-OH is 3. The van der Waals surface area contributed by atoms with E-state index in [1.807, 2.05) is 0 Å². The molecule has 1 fully saturated rings. The van der Waals surface area contributed by atoms with Gasteiger partial charge in [-0.05, 0) is 19.1 Å². The third-order valence-electron chi connectivity index (χ3n) is 3.90. The van der Waals surface area contributed by atoms with E-state index < -0.39 is 36.7 Å². The second-order valence-corrected chi connectivity index (χ2v) is 5.92. The third-order valence-corrected chi connectivity index (χ3v) is 4.13. The summed E-state index contributed by atoms with van der Waals surface area (Å²) in [5, 5.41) is 30.4. The molecule has 7 nitrogen and oxygen atoms in total. The van der Waals surface area contributed by atoms with Crippen LogP contribution in [0.5, 0.6) is 0 Å². The van der Waals surface area contributed by atoms with Gasteiger partial charge in [-0.1, -0.05) is 17.7 Å². The summed E-state index contributed by atoms with van der Waals surface area (Å²) >= 11 is 5.89. The number of esters is 1. The second kappa shape index (κ2) is 6.10. The van der Waals surface area contributed by atoms with Gasteiger partial charge in [0.15, 0.2) is 0 Å².